The molecule has 0 aliphatic rings. The third-order valence-corrected chi connectivity index (χ3v) is 3.38. The highest BCUT2D eigenvalue weighted by Crippen LogP contribution is 2.19. The van der Waals surface area contributed by atoms with Gasteiger partial charge in [0.05, 0.1) is 17.6 Å². The normalized spacial score (nSPS) is 14.6. The van der Waals surface area contributed by atoms with E-state index in [-0.39, 0.29) is 12.1 Å². The van der Waals surface area contributed by atoms with E-state index in [1.165, 1.54) is 5.01 Å². The molecule has 0 amide bonds. The average molecular weight is 275 g/mol. The fourth-order valence-corrected chi connectivity index (χ4v) is 1.58. The van der Waals surface area contributed by atoms with Crippen LogP contribution in [0.1, 0.15) is 47.5 Å². The van der Waals surface area contributed by atoms with Gasteiger partial charge in [-0.3, -0.25) is 0 Å². The SMILES string of the molecule is CC(C)C(CCO)CCO/N=[N+](\[O-])N(C)C(C)(C)C. The van der Waals surface area contributed by atoms with Gasteiger partial charge in [0.2, 0.25) is 5.28 Å². The van der Waals surface area contributed by atoms with Gasteiger partial charge < -0.3 is 15.2 Å². The molecular weight excluding hydrogens is 246 g/mol. The van der Waals surface area contributed by atoms with Gasteiger partial charge in [0.1, 0.15) is 6.61 Å². The standard InChI is InChI=1S/C13H29N3O3/c1-11(2)12(7-9-17)8-10-19-14-16(18)15(6)13(3,4)5/h11-12,17H,7-10H2,1-6H3/b16-14-. The van der Waals surface area contributed by atoms with Crippen molar-refractivity contribution in [1.29, 1.82) is 0 Å². The molecule has 6 heteroatoms. The molecule has 114 valence electrons. The molecule has 0 fully saturated rings. The second-order valence-corrected chi connectivity index (χ2v) is 6.17. The Balaban J connectivity index is 4.14. The number of nitrogens with zero attached hydrogens (tertiary/aromatic N) is 3. The minimum Gasteiger partial charge on any atom is -0.569 e. The van der Waals surface area contributed by atoms with Gasteiger partial charge in [0, 0.05) is 6.61 Å². The largest absolute Gasteiger partial charge is 0.569 e. The minimum atomic E-state index is -0.300. The second-order valence-electron chi connectivity index (χ2n) is 6.17. The Morgan fingerprint density at radius 3 is 2.32 bits per heavy atom. The lowest BCUT2D eigenvalue weighted by Gasteiger charge is -2.26. The van der Waals surface area contributed by atoms with Gasteiger partial charge >= 0.3 is 0 Å². The number of aliphatic hydroxyl groups is 1. The molecule has 0 rings (SSSR count). The first-order chi connectivity index (χ1) is 8.70. The molecule has 0 saturated heterocycles. The van der Waals surface area contributed by atoms with Crippen molar-refractivity contribution < 1.29 is 14.9 Å². The molecule has 1 atom stereocenters. The van der Waals surface area contributed by atoms with Crippen LogP contribution in [0.3, 0.4) is 0 Å². The molecule has 0 radical (unpaired) electrons. The van der Waals surface area contributed by atoms with Crippen molar-refractivity contribution in [3.63, 3.8) is 0 Å². The summed E-state index contributed by atoms with van der Waals surface area (Å²) < 4.78 is 0. The summed E-state index contributed by atoms with van der Waals surface area (Å²) in [5.74, 6) is 0.872. The van der Waals surface area contributed by atoms with Gasteiger partial charge in [-0.2, -0.15) is 0 Å². The summed E-state index contributed by atoms with van der Waals surface area (Å²) in [6.45, 7) is 10.6. The molecule has 6 nitrogen and oxygen atoms in total. The highest BCUT2D eigenvalue weighted by atomic mass is 16.7. The summed E-state index contributed by atoms with van der Waals surface area (Å²) in [6, 6.07) is 0. The molecule has 0 spiro atoms. The Labute approximate surface area is 116 Å². The van der Waals surface area contributed by atoms with E-state index < -0.39 is 0 Å². The molecule has 0 aromatic carbocycles. The molecule has 0 aromatic rings. The molecule has 0 aliphatic heterocycles. The zero-order valence-electron chi connectivity index (χ0n) is 13.1. The van der Waals surface area contributed by atoms with Crippen molar-refractivity contribution in [1.82, 2.24) is 5.01 Å². The third kappa shape index (κ3) is 7.20. The third-order valence-electron chi connectivity index (χ3n) is 3.38. The maximum absolute atomic E-state index is 11.6. The van der Waals surface area contributed by atoms with Crippen molar-refractivity contribution >= 4 is 0 Å². The summed E-state index contributed by atoms with van der Waals surface area (Å²) in [5, 5.41) is 25.6. The van der Waals surface area contributed by atoms with Crippen LogP contribution in [0, 0.1) is 17.0 Å². The quantitative estimate of drug-likeness (QED) is 0.320. The second kappa shape index (κ2) is 8.19. The van der Waals surface area contributed by atoms with Gasteiger partial charge in [-0.1, -0.05) is 13.8 Å². The van der Waals surface area contributed by atoms with E-state index >= 15 is 0 Å². The van der Waals surface area contributed by atoms with E-state index in [2.05, 4.69) is 19.1 Å². The molecule has 0 aromatic heterocycles. The maximum atomic E-state index is 11.6. The predicted molar refractivity (Wildman–Crippen MR) is 74.2 cm³/mol. The van der Waals surface area contributed by atoms with Gasteiger partial charge in [0.15, 0.2) is 0 Å². The fourth-order valence-electron chi connectivity index (χ4n) is 1.58. The van der Waals surface area contributed by atoms with E-state index in [0.29, 0.717) is 23.4 Å². The first kappa shape index (κ1) is 18.0. The Hall–Kier alpha value is -1.04. The van der Waals surface area contributed by atoms with Crippen LogP contribution >= 0.6 is 0 Å². The number of rotatable bonds is 8. The summed E-state index contributed by atoms with van der Waals surface area (Å²) in [7, 11) is 1.67. The predicted octanol–water partition coefficient (Wildman–Crippen LogP) is 2.57. The van der Waals surface area contributed by atoms with Crippen LogP contribution in [-0.4, -0.2) is 40.9 Å². The fraction of sp³-hybridized carbons (Fsp3) is 1.00. The highest BCUT2D eigenvalue weighted by molar-refractivity contribution is 4.65. The van der Waals surface area contributed by atoms with Crippen molar-refractivity contribution in [3.8, 4) is 0 Å². The Bertz CT molecular complexity index is 275. The topological polar surface area (TPSA) is 71.1 Å². The monoisotopic (exact) mass is 275 g/mol. The Kier molecular flexibility index (Phi) is 7.75. The van der Waals surface area contributed by atoms with Crippen LogP contribution in [0.2, 0.25) is 0 Å². The van der Waals surface area contributed by atoms with Crippen LogP contribution in [-0.2, 0) is 4.84 Å². The minimum absolute atomic E-state index is 0.181. The van der Waals surface area contributed by atoms with Gasteiger partial charge in [0.25, 0.3) is 0 Å². The molecule has 0 aliphatic carbocycles. The zero-order valence-corrected chi connectivity index (χ0v) is 13.1. The van der Waals surface area contributed by atoms with Gasteiger partial charge in [-0.25, -0.2) is 0 Å². The molecule has 1 unspecified atom stereocenters. The molecular formula is C13H29N3O3. The first-order valence-corrected chi connectivity index (χ1v) is 6.85. The zero-order chi connectivity index (χ0) is 15.1. The van der Waals surface area contributed by atoms with Gasteiger partial charge in [-0.05, 0) is 45.4 Å². The van der Waals surface area contributed by atoms with Crippen molar-refractivity contribution in [2.45, 2.75) is 53.0 Å². The first-order valence-electron chi connectivity index (χ1n) is 6.85. The Morgan fingerprint density at radius 1 is 1.32 bits per heavy atom. The number of aliphatic hydroxyl groups excluding tert-OH is 1. The lowest BCUT2D eigenvalue weighted by Crippen LogP contribution is -2.42. The van der Waals surface area contributed by atoms with Crippen molar-refractivity contribution in [3.05, 3.63) is 5.21 Å². The molecule has 0 saturated carbocycles. The van der Waals surface area contributed by atoms with E-state index in [0.717, 1.165) is 12.8 Å². The summed E-state index contributed by atoms with van der Waals surface area (Å²) in [6.07, 6.45) is 1.54. The Morgan fingerprint density at radius 2 is 1.89 bits per heavy atom. The number of hydrogen-bond acceptors (Lipinski definition) is 4. The molecule has 0 bridgehead atoms. The van der Waals surface area contributed by atoms with Crippen LogP contribution in [0.4, 0.5) is 0 Å². The molecule has 0 heterocycles. The lowest BCUT2D eigenvalue weighted by molar-refractivity contribution is -0.719. The summed E-state index contributed by atoms with van der Waals surface area (Å²) in [5.41, 5.74) is -0.300. The maximum Gasteiger partial charge on any atom is 0.233 e. The average Bonchev–Trinajstić information content (AvgIpc) is 2.30. The van der Waals surface area contributed by atoms with E-state index in [4.69, 9.17) is 9.94 Å². The summed E-state index contributed by atoms with van der Waals surface area (Å²) >= 11 is 0. The number of hydrogen-bond donors (Lipinski definition) is 1. The molecule has 1 N–H and O–H groups in total. The van der Waals surface area contributed by atoms with Crippen LogP contribution < -0.4 is 0 Å². The van der Waals surface area contributed by atoms with Crippen LogP contribution in [0.15, 0.2) is 5.28 Å². The highest BCUT2D eigenvalue weighted by Gasteiger charge is 2.24. The van der Waals surface area contributed by atoms with E-state index in [1.807, 2.05) is 20.8 Å². The number of hydrazine groups is 1. The van der Waals surface area contributed by atoms with Crippen LogP contribution in [0.5, 0.6) is 0 Å². The van der Waals surface area contributed by atoms with Crippen LogP contribution in [0.25, 0.3) is 0 Å². The lowest BCUT2D eigenvalue weighted by atomic mass is 9.90. The van der Waals surface area contributed by atoms with Crippen molar-refractivity contribution in [2.24, 2.45) is 17.1 Å². The van der Waals surface area contributed by atoms with E-state index in [9.17, 15) is 5.21 Å². The van der Waals surface area contributed by atoms with Gasteiger partial charge in [-0.15, -0.1) is 5.01 Å². The smallest absolute Gasteiger partial charge is 0.233 e. The van der Waals surface area contributed by atoms with E-state index in [1.54, 1.807) is 7.05 Å². The molecule has 19 heavy (non-hydrogen) atoms. The van der Waals surface area contributed by atoms with Crippen molar-refractivity contribution in [2.75, 3.05) is 20.3 Å². The summed E-state index contributed by atoms with van der Waals surface area (Å²) in [4.78, 5) is 5.52.